The van der Waals surface area contributed by atoms with E-state index < -0.39 is 0 Å². The van der Waals surface area contributed by atoms with Gasteiger partial charge in [-0.3, -0.25) is 14.6 Å². The maximum Gasteiger partial charge on any atom is 0.262 e. The Balaban J connectivity index is 1.52. The van der Waals surface area contributed by atoms with Crippen molar-refractivity contribution in [1.29, 1.82) is 0 Å². The second kappa shape index (κ2) is 9.18. The van der Waals surface area contributed by atoms with Crippen molar-refractivity contribution in [3.63, 3.8) is 0 Å². The molecule has 2 N–H and O–H groups in total. The van der Waals surface area contributed by atoms with E-state index in [0.29, 0.717) is 28.4 Å². The number of anilines is 2. The van der Waals surface area contributed by atoms with E-state index in [9.17, 15) is 9.59 Å². The Morgan fingerprint density at radius 2 is 1.57 bits per heavy atom. The minimum absolute atomic E-state index is 0.153. The Bertz CT molecular complexity index is 943. The van der Waals surface area contributed by atoms with Gasteiger partial charge in [0.1, 0.15) is 0 Å². The van der Waals surface area contributed by atoms with Crippen LogP contribution in [0.25, 0.3) is 0 Å². The molecule has 0 saturated carbocycles. The van der Waals surface area contributed by atoms with Gasteiger partial charge in [0.2, 0.25) is 0 Å². The van der Waals surface area contributed by atoms with Gasteiger partial charge < -0.3 is 20.1 Å². The van der Waals surface area contributed by atoms with E-state index in [-0.39, 0.29) is 18.4 Å². The highest BCUT2D eigenvalue weighted by atomic mass is 16.5. The van der Waals surface area contributed by atoms with Gasteiger partial charge in [-0.2, -0.15) is 0 Å². The van der Waals surface area contributed by atoms with Gasteiger partial charge >= 0.3 is 0 Å². The fourth-order valence-corrected chi connectivity index (χ4v) is 2.42. The summed E-state index contributed by atoms with van der Waals surface area (Å²) in [5.41, 5.74) is 1.67. The van der Waals surface area contributed by atoms with Gasteiger partial charge in [-0.1, -0.05) is 12.1 Å². The van der Waals surface area contributed by atoms with Crippen LogP contribution in [0.1, 0.15) is 10.4 Å². The van der Waals surface area contributed by atoms with Gasteiger partial charge in [0.05, 0.1) is 12.7 Å². The van der Waals surface area contributed by atoms with Crippen LogP contribution >= 0.6 is 0 Å². The molecule has 2 amide bonds. The number of benzene rings is 2. The largest absolute Gasteiger partial charge is 0.493 e. The summed E-state index contributed by atoms with van der Waals surface area (Å²) in [5.74, 6) is 0.491. The molecule has 0 fully saturated rings. The van der Waals surface area contributed by atoms with E-state index in [1.54, 1.807) is 60.8 Å². The molecule has 28 heavy (non-hydrogen) atoms. The molecule has 0 aliphatic carbocycles. The number of nitrogens with zero attached hydrogens (tertiary/aromatic N) is 1. The van der Waals surface area contributed by atoms with Gasteiger partial charge in [0.15, 0.2) is 18.1 Å². The molecule has 3 aromatic rings. The van der Waals surface area contributed by atoms with Gasteiger partial charge in [0, 0.05) is 23.8 Å². The van der Waals surface area contributed by atoms with Gasteiger partial charge in [-0.25, -0.2) is 0 Å². The first-order valence-corrected chi connectivity index (χ1v) is 8.53. The monoisotopic (exact) mass is 377 g/mol. The number of methoxy groups -OCH3 is 1. The van der Waals surface area contributed by atoms with Gasteiger partial charge in [-0.05, 0) is 48.5 Å². The van der Waals surface area contributed by atoms with Crippen LogP contribution in [0, 0.1) is 0 Å². The maximum atomic E-state index is 12.1. The van der Waals surface area contributed by atoms with E-state index in [1.165, 1.54) is 13.3 Å². The first-order chi connectivity index (χ1) is 13.7. The first kappa shape index (κ1) is 18.9. The van der Waals surface area contributed by atoms with Crippen LogP contribution < -0.4 is 20.1 Å². The molecule has 0 atom stereocenters. The summed E-state index contributed by atoms with van der Waals surface area (Å²) >= 11 is 0. The normalized spacial score (nSPS) is 10.0. The summed E-state index contributed by atoms with van der Waals surface area (Å²) in [7, 11) is 1.54. The standard InChI is InChI=1S/C21H19N3O4/c1-27-18-6-2-3-7-19(18)28-14-20(25)23-16-8-10-17(11-9-16)24-21(26)15-5-4-12-22-13-15/h2-13H,14H2,1H3,(H,23,25)(H,24,26). The smallest absolute Gasteiger partial charge is 0.262 e. The highest BCUT2D eigenvalue weighted by Gasteiger charge is 2.08. The SMILES string of the molecule is COc1ccccc1OCC(=O)Nc1ccc(NC(=O)c2cccnc2)cc1. The third-order valence-electron chi connectivity index (χ3n) is 3.78. The predicted molar refractivity (Wildman–Crippen MR) is 106 cm³/mol. The Morgan fingerprint density at radius 1 is 0.893 bits per heavy atom. The Kier molecular flexibility index (Phi) is 6.20. The molecule has 0 radical (unpaired) electrons. The number of ether oxygens (including phenoxy) is 2. The van der Waals surface area contributed by atoms with Crippen molar-refractivity contribution in [1.82, 2.24) is 4.98 Å². The minimum Gasteiger partial charge on any atom is -0.493 e. The van der Waals surface area contributed by atoms with Gasteiger partial charge in [0.25, 0.3) is 11.8 Å². The molecule has 1 aromatic heterocycles. The third-order valence-corrected chi connectivity index (χ3v) is 3.78. The number of pyridine rings is 1. The number of para-hydroxylation sites is 2. The van der Waals surface area contributed by atoms with Gasteiger partial charge in [-0.15, -0.1) is 0 Å². The van der Waals surface area contributed by atoms with Crippen molar-refractivity contribution in [2.24, 2.45) is 0 Å². The lowest BCUT2D eigenvalue weighted by Gasteiger charge is -2.11. The molecule has 3 rings (SSSR count). The summed E-state index contributed by atoms with van der Waals surface area (Å²) in [4.78, 5) is 28.1. The molecular weight excluding hydrogens is 358 g/mol. The molecular formula is C21H19N3O4. The quantitative estimate of drug-likeness (QED) is 0.659. The van der Waals surface area contributed by atoms with E-state index in [4.69, 9.17) is 9.47 Å². The number of amides is 2. The summed E-state index contributed by atoms with van der Waals surface area (Å²) in [6, 6.07) is 17.3. The lowest BCUT2D eigenvalue weighted by molar-refractivity contribution is -0.118. The Hall–Kier alpha value is -3.87. The fourth-order valence-electron chi connectivity index (χ4n) is 2.42. The number of hydrogen-bond donors (Lipinski definition) is 2. The van der Waals surface area contributed by atoms with Crippen LogP contribution in [0.15, 0.2) is 73.1 Å². The highest BCUT2D eigenvalue weighted by Crippen LogP contribution is 2.25. The summed E-state index contributed by atoms with van der Waals surface area (Å²) in [6.07, 6.45) is 3.09. The fraction of sp³-hybridized carbons (Fsp3) is 0.0952. The molecule has 7 nitrogen and oxygen atoms in total. The van der Waals surface area contributed by atoms with Crippen molar-refractivity contribution in [3.05, 3.63) is 78.6 Å². The number of carbonyl (C=O) groups excluding carboxylic acids is 2. The number of rotatable bonds is 7. The number of carbonyl (C=O) groups is 2. The summed E-state index contributed by atoms with van der Waals surface area (Å²) in [6.45, 7) is -0.153. The second-order valence-corrected chi connectivity index (χ2v) is 5.76. The van der Waals surface area contributed by atoms with E-state index >= 15 is 0 Å². The second-order valence-electron chi connectivity index (χ2n) is 5.76. The number of nitrogens with one attached hydrogen (secondary N) is 2. The van der Waals surface area contributed by atoms with Crippen LogP contribution in [0.2, 0.25) is 0 Å². The van der Waals surface area contributed by atoms with E-state index in [2.05, 4.69) is 15.6 Å². The van der Waals surface area contributed by atoms with Crippen LogP contribution in [0.5, 0.6) is 11.5 Å². The van der Waals surface area contributed by atoms with Crippen LogP contribution in [0.3, 0.4) is 0 Å². The lowest BCUT2D eigenvalue weighted by atomic mass is 10.2. The molecule has 2 aromatic carbocycles. The zero-order valence-electron chi connectivity index (χ0n) is 15.2. The van der Waals surface area contributed by atoms with E-state index in [1.807, 2.05) is 6.07 Å². The minimum atomic E-state index is -0.307. The number of hydrogen-bond acceptors (Lipinski definition) is 5. The lowest BCUT2D eigenvalue weighted by Crippen LogP contribution is -2.20. The van der Waals surface area contributed by atoms with Crippen molar-refractivity contribution in [2.45, 2.75) is 0 Å². The third kappa shape index (κ3) is 5.07. The van der Waals surface area contributed by atoms with Crippen molar-refractivity contribution in [2.75, 3.05) is 24.4 Å². The molecule has 1 heterocycles. The molecule has 142 valence electrons. The van der Waals surface area contributed by atoms with E-state index in [0.717, 1.165) is 0 Å². The number of aromatic nitrogens is 1. The molecule has 0 saturated heterocycles. The Morgan fingerprint density at radius 3 is 2.21 bits per heavy atom. The van der Waals surface area contributed by atoms with Crippen LogP contribution in [-0.4, -0.2) is 30.5 Å². The van der Waals surface area contributed by atoms with Crippen molar-refractivity contribution < 1.29 is 19.1 Å². The molecule has 0 aliphatic heterocycles. The van der Waals surface area contributed by atoms with Crippen LogP contribution in [0.4, 0.5) is 11.4 Å². The summed E-state index contributed by atoms with van der Waals surface area (Å²) < 4.78 is 10.7. The molecule has 0 spiro atoms. The Labute approximate surface area is 162 Å². The van der Waals surface area contributed by atoms with Crippen molar-refractivity contribution >= 4 is 23.2 Å². The zero-order chi connectivity index (χ0) is 19.8. The maximum absolute atomic E-state index is 12.1. The first-order valence-electron chi connectivity index (χ1n) is 8.53. The van der Waals surface area contributed by atoms with Crippen LogP contribution in [-0.2, 0) is 4.79 Å². The highest BCUT2D eigenvalue weighted by molar-refractivity contribution is 6.04. The van der Waals surface area contributed by atoms with Crippen molar-refractivity contribution in [3.8, 4) is 11.5 Å². The molecule has 0 aliphatic rings. The zero-order valence-corrected chi connectivity index (χ0v) is 15.2. The predicted octanol–water partition coefficient (Wildman–Crippen LogP) is 3.36. The molecule has 0 bridgehead atoms. The average Bonchev–Trinajstić information content (AvgIpc) is 2.74. The average molecular weight is 377 g/mol. The summed E-state index contributed by atoms with van der Waals surface area (Å²) in [5, 5.41) is 5.50. The molecule has 0 unspecified atom stereocenters. The molecule has 7 heteroatoms. The topological polar surface area (TPSA) is 89.5 Å².